The fourth-order valence-corrected chi connectivity index (χ4v) is 1.57. The number of ether oxygens (including phenoxy) is 1. The van der Waals surface area contributed by atoms with Crippen molar-refractivity contribution >= 4 is 5.91 Å². The van der Waals surface area contributed by atoms with E-state index in [0.717, 1.165) is 6.42 Å². The average Bonchev–Trinajstić information content (AvgIpc) is 2.36. The van der Waals surface area contributed by atoms with Crippen LogP contribution in [0.15, 0.2) is 24.3 Å². The third-order valence-electron chi connectivity index (χ3n) is 2.56. The van der Waals surface area contributed by atoms with Crippen molar-refractivity contribution in [2.24, 2.45) is 5.73 Å². The predicted octanol–water partition coefficient (Wildman–Crippen LogP) is 2.33. The van der Waals surface area contributed by atoms with Gasteiger partial charge in [-0.2, -0.15) is 0 Å². The number of halogens is 3. The van der Waals surface area contributed by atoms with E-state index in [1.807, 2.05) is 6.92 Å². The zero-order chi connectivity index (χ0) is 15.2. The maximum atomic E-state index is 12.0. The molecule has 0 unspecified atom stereocenters. The maximum absolute atomic E-state index is 12.0. The molecule has 0 heterocycles. The van der Waals surface area contributed by atoms with Crippen molar-refractivity contribution in [2.75, 3.05) is 0 Å². The number of carbonyl (C=O) groups excluding carboxylic acids is 1. The van der Waals surface area contributed by atoms with Gasteiger partial charge in [-0.05, 0) is 24.1 Å². The van der Waals surface area contributed by atoms with Crippen LogP contribution < -0.4 is 15.8 Å². The molecule has 1 aromatic rings. The number of benzene rings is 1. The number of rotatable bonds is 6. The summed E-state index contributed by atoms with van der Waals surface area (Å²) >= 11 is 0. The SMILES string of the molecule is CCC[C@@H](N)C(=O)NCc1ccc(OC(F)(F)F)cc1. The number of carbonyl (C=O) groups is 1. The summed E-state index contributed by atoms with van der Waals surface area (Å²) in [7, 11) is 0. The summed E-state index contributed by atoms with van der Waals surface area (Å²) in [5, 5.41) is 2.62. The molecule has 0 bridgehead atoms. The summed E-state index contributed by atoms with van der Waals surface area (Å²) in [4.78, 5) is 11.6. The molecule has 112 valence electrons. The Morgan fingerprint density at radius 2 is 1.95 bits per heavy atom. The van der Waals surface area contributed by atoms with Gasteiger partial charge in [0.25, 0.3) is 0 Å². The fraction of sp³-hybridized carbons (Fsp3) is 0.462. The first-order valence-electron chi connectivity index (χ1n) is 6.20. The largest absolute Gasteiger partial charge is 0.573 e. The highest BCUT2D eigenvalue weighted by Crippen LogP contribution is 2.22. The molecule has 0 saturated carbocycles. The number of alkyl halides is 3. The summed E-state index contributed by atoms with van der Waals surface area (Å²) in [5.41, 5.74) is 6.29. The lowest BCUT2D eigenvalue weighted by Crippen LogP contribution is -2.40. The molecule has 0 aromatic heterocycles. The lowest BCUT2D eigenvalue weighted by molar-refractivity contribution is -0.274. The first-order valence-corrected chi connectivity index (χ1v) is 6.20. The van der Waals surface area contributed by atoms with Crippen LogP contribution in [0.5, 0.6) is 5.75 Å². The van der Waals surface area contributed by atoms with Crippen LogP contribution in [0.1, 0.15) is 25.3 Å². The average molecular weight is 290 g/mol. The summed E-state index contributed by atoms with van der Waals surface area (Å²) in [6.07, 6.45) is -3.31. The van der Waals surface area contributed by atoms with Crippen molar-refractivity contribution in [3.8, 4) is 5.75 Å². The van der Waals surface area contributed by atoms with Gasteiger partial charge < -0.3 is 15.8 Å². The van der Waals surface area contributed by atoms with Crippen molar-refractivity contribution in [1.82, 2.24) is 5.32 Å². The molecule has 1 rings (SSSR count). The van der Waals surface area contributed by atoms with Crippen molar-refractivity contribution in [2.45, 2.75) is 38.7 Å². The molecule has 0 aliphatic heterocycles. The first kappa shape index (κ1) is 16.3. The molecule has 1 amide bonds. The van der Waals surface area contributed by atoms with Crippen LogP contribution in [0.2, 0.25) is 0 Å². The van der Waals surface area contributed by atoms with Crippen LogP contribution in [0, 0.1) is 0 Å². The number of hydrogen-bond acceptors (Lipinski definition) is 3. The molecule has 0 radical (unpaired) electrons. The summed E-state index contributed by atoms with van der Waals surface area (Å²) in [5.74, 6) is -0.572. The van der Waals surface area contributed by atoms with Gasteiger partial charge in [-0.1, -0.05) is 25.5 Å². The summed E-state index contributed by atoms with van der Waals surface area (Å²) in [6.45, 7) is 2.13. The molecule has 7 heteroatoms. The van der Waals surface area contributed by atoms with E-state index in [-0.39, 0.29) is 18.2 Å². The van der Waals surface area contributed by atoms with Crippen LogP contribution in [0.25, 0.3) is 0 Å². The van der Waals surface area contributed by atoms with Gasteiger partial charge in [-0.3, -0.25) is 4.79 Å². The van der Waals surface area contributed by atoms with Crippen LogP contribution in [-0.2, 0) is 11.3 Å². The Kier molecular flexibility index (Phi) is 5.82. The van der Waals surface area contributed by atoms with Crippen molar-refractivity contribution < 1.29 is 22.7 Å². The van der Waals surface area contributed by atoms with Crippen LogP contribution in [0.3, 0.4) is 0 Å². The zero-order valence-electron chi connectivity index (χ0n) is 11.0. The molecule has 4 nitrogen and oxygen atoms in total. The van der Waals surface area contributed by atoms with E-state index in [1.54, 1.807) is 0 Å². The molecule has 3 N–H and O–H groups in total. The van der Waals surface area contributed by atoms with E-state index < -0.39 is 12.4 Å². The van der Waals surface area contributed by atoms with Gasteiger partial charge in [-0.15, -0.1) is 13.2 Å². The Bertz CT molecular complexity index is 432. The number of nitrogens with one attached hydrogen (secondary N) is 1. The van der Waals surface area contributed by atoms with Crippen molar-refractivity contribution in [3.63, 3.8) is 0 Å². The Morgan fingerprint density at radius 1 is 1.35 bits per heavy atom. The molecule has 20 heavy (non-hydrogen) atoms. The molecule has 1 atom stereocenters. The highest BCUT2D eigenvalue weighted by Gasteiger charge is 2.30. The Balaban J connectivity index is 2.48. The molecular formula is C13H17F3N2O2. The maximum Gasteiger partial charge on any atom is 0.573 e. The molecule has 0 spiro atoms. The highest BCUT2D eigenvalue weighted by atomic mass is 19.4. The van der Waals surface area contributed by atoms with Gasteiger partial charge >= 0.3 is 6.36 Å². The Labute approximate surface area is 115 Å². The number of nitrogens with two attached hydrogens (primary N) is 1. The number of hydrogen-bond donors (Lipinski definition) is 2. The molecule has 0 aliphatic rings. The number of amides is 1. The fourth-order valence-electron chi connectivity index (χ4n) is 1.57. The Hall–Kier alpha value is -1.76. The minimum absolute atomic E-state index is 0.211. The van der Waals surface area contributed by atoms with Gasteiger partial charge in [0.1, 0.15) is 5.75 Å². The Morgan fingerprint density at radius 3 is 2.45 bits per heavy atom. The smallest absolute Gasteiger partial charge is 0.406 e. The lowest BCUT2D eigenvalue weighted by atomic mass is 10.1. The van der Waals surface area contributed by atoms with Crippen LogP contribution in [0.4, 0.5) is 13.2 Å². The van der Waals surface area contributed by atoms with E-state index >= 15 is 0 Å². The second-order valence-electron chi connectivity index (χ2n) is 4.30. The lowest BCUT2D eigenvalue weighted by Gasteiger charge is -2.12. The van der Waals surface area contributed by atoms with Gasteiger partial charge in [-0.25, -0.2) is 0 Å². The standard InChI is InChI=1S/C13H17F3N2O2/c1-2-3-11(17)12(19)18-8-9-4-6-10(7-5-9)20-13(14,15)16/h4-7,11H,2-3,8,17H2,1H3,(H,18,19)/t11-/m1/s1. The van der Waals surface area contributed by atoms with Crippen LogP contribution in [-0.4, -0.2) is 18.3 Å². The van der Waals surface area contributed by atoms with Gasteiger partial charge in [0.2, 0.25) is 5.91 Å². The second-order valence-corrected chi connectivity index (χ2v) is 4.30. The minimum atomic E-state index is -4.71. The van der Waals surface area contributed by atoms with Gasteiger partial charge in [0.05, 0.1) is 6.04 Å². The summed E-state index contributed by atoms with van der Waals surface area (Å²) < 4.78 is 39.6. The van der Waals surface area contributed by atoms with E-state index in [1.165, 1.54) is 24.3 Å². The first-order chi connectivity index (χ1) is 9.31. The molecule has 0 aliphatic carbocycles. The molecule has 0 fully saturated rings. The van der Waals surface area contributed by atoms with E-state index in [4.69, 9.17) is 5.73 Å². The van der Waals surface area contributed by atoms with E-state index in [2.05, 4.69) is 10.1 Å². The van der Waals surface area contributed by atoms with Gasteiger partial charge in [0, 0.05) is 6.54 Å². The summed E-state index contributed by atoms with van der Waals surface area (Å²) in [6, 6.07) is 4.73. The van der Waals surface area contributed by atoms with Crippen molar-refractivity contribution in [1.29, 1.82) is 0 Å². The van der Waals surface area contributed by atoms with Crippen molar-refractivity contribution in [3.05, 3.63) is 29.8 Å². The molecule has 1 aromatic carbocycles. The predicted molar refractivity (Wildman–Crippen MR) is 67.9 cm³/mol. The highest BCUT2D eigenvalue weighted by molar-refractivity contribution is 5.81. The topological polar surface area (TPSA) is 64.4 Å². The van der Waals surface area contributed by atoms with Crippen LogP contribution >= 0.6 is 0 Å². The normalized spacial score (nSPS) is 12.8. The third-order valence-corrected chi connectivity index (χ3v) is 2.56. The minimum Gasteiger partial charge on any atom is -0.406 e. The van der Waals surface area contributed by atoms with Gasteiger partial charge in [0.15, 0.2) is 0 Å². The molecular weight excluding hydrogens is 273 g/mol. The monoisotopic (exact) mass is 290 g/mol. The molecule has 0 saturated heterocycles. The quantitative estimate of drug-likeness (QED) is 0.845. The zero-order valence-corrected chi connectivity index (χ0v) is 11.0. The third kappa shape index (κ3) is 5.92. The van der Waals surface area contributed by atoms with E-state index in [0.29, 0.717) is 12.0 Å². The second kappa shape index (κ2) is 7.14. The van der Waals surface area contributed by atoms with E-state index in [9.17, 15) is 18.0 Å².